The number of halogens is 3. The quantitative estimate of drug-likeness (QED) is 0.787. The summed E-state index contributed by atoms with van der Waals surface area (Å²) in [6.45, 7) is 0.241. The average Bonchev–Trinajstić information content (AvgIpc) is 1.87. The first-order chi connectivity index (χ1) is 4.22. The van der Waals surface area contributed by atoms with Crippen LogP contribution in [0.15, 0.2) is 0 Å². The van der Waals surface area contributed by atoms with Gasteiger partial charge in [-0.05, 0) is 6.42 Å². The van der Waals surface area contributed by atoms with Crippen LogP contribution >= 0.6 is 47.8 Å². The summed E-state index contributed by atoms with van der Waals surface area (Å²) in [6, 6.07) is 0. The molecule has 0 radical (unpaired) electrons. The zero-order chi connectivity index (χ0) is 7.28. The van der Waals surface area contributed by atoms with E-state index in [1.54, 1.807) is 0 Å². The van der Waals surface area contributed by atoms with Gasteiger partial charge in [0.1, 0.15) is 0 Å². The van der Waals surface area contributed by atoms with E-state index in [1.807, 2.05) is 0 Å². The van der Waals surface area contributed by atoms with Crippen LogP contribution in [0.25, 0.3) is 0 Å². The van der Waals surface area contributed by atoms with Crippen molar-refractivity contribution in [2.45, 2.75) is 16.1 Å². The first-order valence-corrected chi connectivity index (χ1v) is 5.62. The van der Waals surface area contributed by atoms with Crippen molar-refractivity contribution in [1.29, 1.82) is 0 Å². The minimum atomic E-state index is 0.241. The van der Waals surface area contributed by atoms with E-state index in [-0.39, 0.29) is 6.61 Å². The van der Waals surface area contributed by atoms with Gasteiger partial charge in [0.2, 0.25) is 0 Å². The van der Waals surface area contributed by atoms with E-state index in [2.05, 4.69) is 47.8 Å². The van der Waals surface area contributed by atoms with Gasteiger partial charge in [0, 0.05) is 21.6 Å². The van der Waals surface area contributed by atoms with E-state index < -0.39 is 0 Å². The van der Waals surface area contributed by atoms with Crippen LogP contribution in [-0.4, -0.2) is 26.7 Å². The third kappa shape index (κ3) is 4.76. The highest BCUT2D eigenvalue weighted by Gasteiger charge is 2.12. The molecule has 0 aromatic carbocycles. The lowest BCUT2D eigenvalue weighted by Crippen LogP contribution is -2.16. The van der Waals surface area contributed by atoms with Gasteiger partial charge < -0.3 is 5.11 Å². The Kier molecular flexibility index (Phi) is 7.09. The van der Waals surface area contributed by atoms with Crippen LogP contribution in [0.1, 0.15) is 6.42 Å². The van der Waals surface area contributed by atoms with Gasteiger partial charge in [-0.2, -0.15) is 0 Å². The Hall–Kier alpha value is 1.40. The number of alkyl halides is 3. The van der Waals surface area contributed by atoms with Crippen LogP contribution in [0.4, 0.5) is 0 Å². The second-order valence-corrected chi connectivity index (χ2v) is 4.70. The van der Waals surface area contributed by atoms with Gasteiger partial charge in [-0.25, -0.2) is 0 Å². The smallest absolute Gasteiger partial charge is 0.0442 e. The number of hydrogen-bond acceptors (Lipinski definition) is 1. The van der Waals surface area contributed by atoms with Crippen molar-refractivity contribution in [1.82, 2.24) is 0 Å². The Balaban J connectivity index is 3.32. The molecule has 0 amide bonds. The first kappa shape index (κ1) is 10.4. The lowest BCUT2D eigenvalue weighted by atomic mass is 10.3. The molecular weight excluding hydrogens is 316 g/mol. The molecule has 0 saturated heterocycles. The minimum absolute atomic E-state index is 0.241. The van der Waals surface area contributed by atoms with Crippen LogP contribution in [0, 0.1) is 0 Å². The van der Waals surface area contributed by atoms with E-state index in [0.29, 0.717) is 9.65 Å². The number of aliphatic hydroxyl groups is 1. The molecule has 0 saturated carbocycles. The van der Waals surface area contributed by atoms with Crippen LogP contribution in [0.5, 0.6) is 0 Å². The molecule has 0 bridgehead atoms. The third-order valence-corrected chi connectivity index (χ3v) is 5.28. The van der Waals surface area contributed by atoms with Crippen LogP contribution in [0.2, 0.25) is 0 Å². The van der Waals surface area contributed by atoms with Gasteiger partial charge in [-0.1, -0.05) is 47.8 Å². The maximum atomic E-state index is 8.51. The molecule has 0 aliphatic rings. The normalized spacial score (nSPS) is 17.3. The fourth-order valence-corrected chi connectivity index (χ4v) is 2.01. The molecule has 2 atom stereocenters. The topological polar surface area (TPSA) is 20.2 Å². The van der Waals surface area contributed by atoms with E-state index in [1.165, 1.54) is 0 Å². The number of rotatable bonds is 4. The molecule has 1 nitrogen and oxygen atoms in total. The van der Waals surface area contributed by atoms with E-state index in [0.717, 1.165) is 11.8 Å². The molecular formula is C5H9Br3O. The second-order valence-electron chi connectivity index (χ2n) is 1.70. The first-order valence-electron chi connectivity index (χ1n) is 2.67. The summed E-state index contributed by atoms with van der Waals surface area (Å²) < 4.78 is 0. The highest BCUT2D eigenvalue weighted by molar-refractivity contribution is 9.13. The Bertz CT molecular complexity index is 69.2. The third-order valence-electron chi connectivity index (χ3n) is 0.945. The van der Waals surface area contributed by atoms with Gasteiger partial charge in [-0.15, -0.1) is 0 Å². The predicted molar refractivity (Wildman–Crippen MR) is 50.9 cm³/mol. The van der Waals surface area contributed by atoms with E-state index in [4.69, 9.17) is 5.11 Å². The highest BCUT2D eigenvalue weighted by atomic mass is 79.9. The van der Waals surface area contributed by atoms with Crippen LogP contribution in [0.3, 0.4) is 0 Å². The molecule has 0 spiro atoms. The summed E-state index contributed by atoms with van der Waals surface area (Å²) in [5, 5.41) is 9.42. The molecule has 0 aliphatic carbocycles. The average molecular weight is 325 g/mol. The summed E-state index contributed by atoms with van der Waals surface area (Å²) in [6.07, 6.45) is 0.793. The molecule has 56 valence electrons. The highest BCUT2D eigenvalue weighted by Crippen LogP contribution is 2.18. The van der Waals surface area contributed by atoms with Crippen molar-refractivity contribution in [3.8, 4) is 0 Å². The van der Waals surface area contributed by atoms with Gasteiger partial charge in [0.25, 0.3) is 0 Å². The molecule has 1 N–H and O–H groups in total. The van der Waals surface area contributed by atoms with Crippen molar-refractivity contribution in [2.24, 2.45) is 0 Å². The predicted octanol–water partition coefficient (Wildman–Crippen LogP) is 2.29. The van der Waals surface area contributed by atoms with Crippen molar-refractivity contribution < 1.29 is 5.11 Å². The summed E-state index contributed by atoms with van der Waals surface area (Å²) in [5.41, 5.74) is 0. The zero-order valence-corrected chi connectivity index (χ0v) is 9.62. The summed E-state index contributed by atoms with van der Waals surface area (Å²) in [5.74, 6) is 0. The van der Waals surface area contributed by atoms with Gasteiger partial charge in [0.15, 0.2) is 0 Å². The molecule has 0 aromatic heterocycles. The molecule has 9 heavy (non-hydrogen) atoms. The van der Waals surface area contributed by atoms with Crippen molar-refractivity contribution in [3.05, 3.63) is 0 Å². The largest absolute Gasteiger partial charge is 0.396 e. The van der Waals surface area contributed by atoms with Crippen molar-refractivity contribution in [3.63, 3.8) is 0 Å². The molecule has 0 aromatic rings. The fourth-order valence-electron chi connectivity index (χ4n) is 0.401. The Labute approximate surface area is 80.6 Å². The Morgan fingerprint density at radius 2 is 1.78 bits per heavy atom. The van der Waals surface area contributed by atoms with Crippen molar-refractivity contribution >= 4 is 47.8 Å². The molecule has 0 aliphatic heterocycles. The monoisotopic (exact) mass is 322 g/mol. The maximum Gasteiger partial charge on any atom is 0.0442 e. The zero-order valence-electron chi connectivity index (χ0n) is 4.86. The van der Waals surface area contributed by atoms with Gasteiger partial charge in [-0.3, -0.25) is 0 Å². The van der Waals surface area contributed by atoms with Crippen LogP contribution < -0.4 is 0 Å². The lowest BCUT2D eigenvalue weighted by molar-refractivity contribution is 0.288. The summed E-state index contributed by atoms with van der Waals surface area (Å²) >= 11 is 10.2. The van der Waals surface area contributed by atoms with Crippen LogP contribution in [-0.2, 0) is 0 Å². The Morgan fingerprint density at radius 1 is 1.22 bits per heavy atom. The number of aliphatic hydroxyl groups excluding tert-OH is 1. The lowest BCUT2D eigenvalue weighted by Gasteiger charge is -2.11. The van der Waals surface area contributed by atoms with E-state index >= 15 is 0 Å². The molecule has 2 unspecified atom stereocenters. The Morgan fingerprint density at radius 3 is 2.11 bits per heavy atom. The van der Waals surface area contributed by atoms with Gasteiger partial charge in [0.05, 0.1) is 0 Å². The van der Waals surface area contributed by atoms with Crippen molar-refractivity contribution in [2.75, 3.05) is 11.9 Å². The number of hydrogen-bond donors (Lipinski definition) is 1. The molecule has 0 rings (SSSR count). The molecule has 4 heteroatoms. The fraction of sp³-hybridized carbons (Fsp3) is 1.00. The maximum absolute atomic E-state index is 8.51. The van der Waals surface area contributed by atoms with E-state index in [9.17, 15) is 0 Å². The molecule has 0 fully saturated rings. The SMILES string of the molecule is OCCC(Br)C(Br)CBr. The molecule has 0 heterocycles. The summed E-state index contributed by atoms with van der Waals surface area (Å²) in [7, 11) is 0. The summed E-state index contributed by atoms with van der Waals surface area (Å²) in [4.78, 5) is 0.770. The van der Waals surface area contributed by atoms with Gasteiger partial charge >= 0.3 is 0 Å². The second kappa shape index (κ2) is 6.13. The standard InChI is InChI=1S/C5H9Br3O/c6-3-5(8)4(7)1-2-9/h4-5,9H,1-3H2. The minimum Gasteiger partial charge on any atom is -0.396 e.